The molecule has 1 amide bonds. The van der Waals surface area contributed by atoms with Crippen molar-refractivity contribution in [3.05, 3.63) is 11.9 Å². The van der Waals surface area contributed by atoms with Crippen LogP contribution in [0.5, 0.6) is 0 Å². The van der Waals surface area contributed by atoms with E-state index in [-0.39, 0.29) is 12.5 Å². The third-order valence-corrected chi connectivity index (χ3v) is 3.35. The van der Waals surface area contributed by atoms with Crippen LogP contribution < -0.4 is 5.73 Å². The van der Waals surface area contributed by atoms with Gasteiger partial charge in [-0.1, -0.05) is 19.1 Å². The van der Waals surface area contributed by atoms with Crippen molar-refractivity contribution in [2.45, 2.75) is 52.2 Å². The molecule has 1 saturated carbocycles. The Labute approximate surface area is 113 Å². The number of amides is 1. The van der Waals surface area contributed by atoms with Gasteiger partial charge in [0.2, 0.25) is 5.91 Å². The summed E-state index contributed by atoms with van der Waals surface area (Å²) in [6.07, 6.45) is 5.06. The van der Waals surface area contributed by atoms with Crippen LogP contribution in [0.15, 0.2) is 6.20 Å². The van der Waals surface area contributed by atoms with Gasteiger partial charge in [-0.05, 0) is 25.2 Å². The lowest BCUT2D eigenvalue weighted by Gasteiger charge is -2.23. The highest BCUT2D eigenvalue weighted by Crippen LogP contribution is 2.27. The number of nitrogens with zero attached hydrogens (tertiary/aromatic N) is 4. The van der Waals surface area contributed by atoms with Crippen molar-refractivity contribution in [1.29, 1.82) is 0 Å². The zero-order valence-electron chi connectivity index (χ0n) is 11.7. The predicted octanol–water partition coefficient (Wildman–Crippen LogP) is 0.774. The standard InChI is InChI=1S/C13H23N5O/c1-10(2)5-6-18(12-3-4-12)13(19)9-17-8-11(7-14)15-16-17/h8,10,12H,3-7,9,14H2,1-2H3. The van der Waals surface area contributed by atoms with Crippen molar-refractivity contribution in [3.8, 4) is 0 Å². The number of hydrogen-bond acceptors (Lipinski definition) is 4. The van der Waals surface area contributed by atoms with Crippen LogP contribution in [-0.4, -0.2) is 38.4 Å². The fourth-order valence-electron chi connectivity index (χ4n) is 2.03. The molecule has 1 heterocycles. The molecule has 2 N–H and O–H groups in total. The van der Waals surface area contributed by atoms with Crippen molar-refractivity contribution in [2.75, 3.05) is 6.54 Å². The molecule has 1 aromatic heterocycles. The average Bonchev–Trinajstić information content (AvgIpc) is 3.09. The fourth-order valence-corrected chi connectivity index (χ4v) is 2.03. The first-order chi connectivity index (χ1) is 9.10. The first-order valence-corrected chi connectivity index (χ1v) is 6.98. The maximum atomic E-state index is 12.3. The number of carbonyl (C=O) groups excluding carboxylic acids is 1. The number of aromatic nitrogens is 3. The molecule has 0 spiro atoms. The molecule has 6 nitrogen and oxygen atoms in total. The van der Waals surface area contributed by atoms with E-state index in [0.29, 0.717) is 24.2 Å². The summed E-state index contributed by atoms with van der Waals surface area (Å²) in [5.41, 5.74) is 6.20. The minimum absolute atomic E-state index is 0.136. The number of hydrogen-bond donors (Lipinski definition) is 1. The molecule has 6 heteroatoms. The number of carbonyl (C=O) groups is 1. The van der Waals surface area contributed by atoms with Crippen LogP contribution in [0.2, 0.25) is 0 Å². The van der Waals surface area contributed by atoms with E-state index in [1.165, 1.54) is 0 Å². The molecule has 1 aromatic rings. The molecular weight excluding hydrogens is 242 g/mol. The summed E-state index contributed by atoms with van der Waals surface area (Å²) < 4.78 is 1.58. The SMILES string of the molecule is CC(C)CCN(C(=O)Cn1cc(CN)nn1)C1CC1. The highest BCUT2D eigenvalue weighted by molar-refractivity contribution is 5.76. The molecule has 19 heavy (non-hydrogen) atoms. The summed E-state index contributed by atoms with van der Waals surface area (Å²) in [7, 11) is 0. The molecular formula is C13H23N5O. The molecule has 0 saturated heterocycles. The van der Waals surface area contributed by atoms with E-state index in [1.54, 1.807) is 10.9 Å². The van der Waals surface area contributed by atoms with Crippen LogP contribution in [0, 0.1) is 5.92 Å². The third-order valence-electron chi connectivity index (χ3n) is 3.35. The van der Waals surface area contributed by atoms with Gasteiger partial charge in [0.25, 0.3) is 0 Å². The van der Waals surface area contributed by atoms with Gasteiger partial charge in [0.05, 0.1) is 11.9 Å². The summed E-state index contributed by atoms with van der Waals surface area (Å²) in [5.74, 6) is 0.751. The molecule has 0 radical (unpaired) electrons. The van der Waals surface area contributed by atoms with E-state index in [2.05, 4.69) is 24.2 Å². The normalized spacial score (nSPS) is 14.9. The molecule has 0 bridgehead atoms. The lowest BCUT2D eigenvalue weighted by Crippen LogP contribution is -2.37. The quantitative estimate of drug-likeness (QED) is 0.790. The van der Waals surface area contributed by atoms with E-state index in [1.807, 2.05) is 4.90 Å². The van der Waals surface area contributed by atoms with Crippen molar-refractivity contribution in [1.82, 2.24) is 19.9 Å². The highest BCUT2D eigenvalue weighted by atomic mass is 16.2. The lowest BCUT2D eigenvalue weighted by atomic mass is 10.1. The van der Waals surface area contributed by atoms with Gasteiger partial charge in [-0.25, -0.2) is 4.68 Å². The molecule has 0 unspecified atom stereocenters. The largest absolute Gasteiger partial charge is 0.338 e. The summed E-state index contributed by atoms with van der Waals surface area (Å²) in [6.45, 7) is 5.83. The Bertz CT molecular complexity index is 424. The number of rotatable bonds is 7. The first kappa shape index (κ1) is 14.0. The highest BCUT2D eigenvalue weighted by Gasteiger charge is 2.32. The van der Waals surface area contributed by atoms with Gasteiger partial charge < -0.3 is 10.6 Å². The van der Waals surface area contributed by atoms with Crippen LogP contribution >= 0.6 is 0 Å². The lowest BCUT2D eigenvalue weighted by molar-refractivity contribution is -0.132. The maximum absolute atomic E-state index is 12.3. The molecule has 1 fully saturated rings. The van der Waals surface area contributed by atoms with Gasteiger partial charge in [-0.15, -0.1) is 5.10 Å². The first-order valence-electron chi connectivity index (χ1n) is 6.98. The van der Waals surface area contributed by atoms with E-state index < -0.39 is 0 Å². The summed E-state index contributed by atoms with van der Waals surface area (Å²) in [6, 6.07) is 0.448. The van der Waals surface area contributed by atoms with Crippen LogP contribution in [-0.2, 0) is 17.9 Å². The minimum Gasteiger partial charge on any atom is -0.338 e. The minimum atomic E-state index is 0.136. The zero-order valence-corrected chi connectivity index (χ0v) is 11.7. The van der Waals surface area contributed by atoms with E-state index in [0.717, 1.165) is 25.8 Å². The van der Waals surface area contributed by atoms with Gasteiger partial charge in [-0.2, -0.15) is 0 Å². The Kier molecular flexibility index (Phi) is 4.52. The van der Waals surface area contributed by atoms with Crippen molar-refractivity contribution in [3.63, 3.8) is 0 Å². The molecule has 106 valence electrons. The molecule has 0 aliphatic heterocycles. The molecule has 2 rings (SSSR count). The summed E-state index contributed by atoms with van der Waals surface area (Å²) in [4.78, 5) is 14.3. The van der Waals surface area contributed by atoms with Crippen LogP contribution in [0.25, 0.3) is 0 Å². The van der Waals surface area contributed by atoms with E-state index >= 15 is 0 Å². The van der Waals surface area contributed by atoms with Crippen molar-refractivity contribution in [2.24, 2.45) is 11.7 Å². The fraction of sp³-hybridized carbons (Fsp3) is 0.769. The molecule has 1 aliphatic rings. The van der Waals surface area contributed by atoms with Gasteiger partial charge in [0, 0.05) is 19.1 Å². The van der Waals surface area contributed by atoms with Gasteiger partial charge >= 0.3 is 0 Å². The third kappa shape index (κ3) is 4.02. The Hall–Kier alpha value is -1.43. The van der Waals surface area contributed by atoms with E-state index in [9.17, 15) is 4.79 Å². The Balaban J connectivity index is 1.91. The second-order valence-electron chi connectivity index (χ2n) is 5.61. The van der Waals surface area contributed by atoms with Crippen LogP contribution in [0.1, 0.15) is 38.8 Å². The molecule has 0 aromatic carbocycles. The number of nitrogens with two attached hydrogens (primary N) is 1. The maximum Gasteiger partial charge on any atom is 0.244 e. The molecule has 1 aliphatic carbocycles. The summed E-state index contributed by atoms with van der Waals surface area (Å²) >= 11 is 0. The monoisotopic (exact) mass is 265 g/mol. The second kappa shape index (κ2) is 6.14. The zero-order chi connectivity index (χ0) is 13.8. The van der Waals surface area contributed by atoms with Crippen LogP contribution in [0.3, 0.4) is 0 Å². The Morgan fingerprint density at radius 2 is 2.32 bits per heavy atom. The van der Waals surface area contributed by atoms with Gasteiger partial charge in [0.15, 0.2) is 0 Å². The van der Waals surface area contributed by atoms with E-state index in [4.69, 9.17) is 5.73 Å². The van der Waals surface area contributed by atoms with Crippen molar-refractivity contribution >= 4 is 5.91 Å². The smallest absolute Gasteiger partial charge is 0.244 e. The predicted molar refractivity (Wildman–Crippen MR) is 72.1 cm³/mol. The molecule has 0 atom stereocenters. The Morgan fingerprint density at radius 1 is 1.58 bits per heavy atom. The average molecular weight is 265 g/mol. The van der Waals surface area contributed by atoms with Gasteiger partial charge in [-0.3, -0.25) is 4.79 Å². The van der Waals surface area contributed by atoms with Gasteiger partial charge in [0.1, 0.15) is 6.54 Å². The summed E-state index contributed by atoms with van der Waals surface area (Å²) in [5, 5.41) is 7.82. The van der Waals surface area contributed by atoms with Crippen LogP contribution in [0.4, 0.5) is 0 Å². The van der Waals surface area contributed by atoms with Crippen molar-refractivity contribution < 1.29 is 4.79 Å². The Morgan fingerprint density at radius 3 is 2.84 bits per heavy atom. The topological polar surface area (TPSA) is 77.0 Å². The second-order valence-corrected chi connectivity index (χ2v) is 5.61.